The quantitative estimate of drug-likeness (QED) is 0.388. The molecular weight excluding hydrogens is 508 g/mol. The summed E-state index contributed by atoms with van der Waals surface area (Å²) < 4.78 is 5.39. The third-order valence-electron chi connectivity index (χ3n) is 7.03. The van der Waals surface area contributed by atoms with Gasteiger partial charge in [-0.05, 0) is 75.6 Å². The standard InChI is InChI=1S/C31H42N4O5/c1-19-12-13-23(16-20(19)2)27(28(37)33-18-22-10-8-7-9-11-22)35(25-17-21(25)3)29(38)24(14-15-26(32)36)34-30(39)40-31(4,5)6/h7-13,16,21,24-25,27H,14-15,17-18H2,1-6H3,(H2,32,36)(H,33,37)(H,34,39). The van der Waals surface area contributed by atoms with E-state index in [1.54, 1.807) is 25.7 Å². The molecule has 4 atom stereocenters. The molecule has 0 spiro atoms. The first-order valence-corrected chi connectivity index (χ1v) is 13.8. The summed E-state index contributed by atoms with van der Waals surface area (Å²) in [6, 6.07) is 13.0. The van der Waals surface area contributed by atoms with Gasteiger partial charge in [-0.3, -0.25) is 14.4 Å². The molecule has 2 aromatic rings. The SMILES string of the molecule is Cc1ccc(C(C(=O)NCc2ccccc2)N(C(=O)C(CCC(N)=O)NC(=O)OC(C)(C)C)C2CC2C)cc1C. The number of ether oxygens (including phenoxy) is 1. The number of hydrogen-bond acceptors (Lipinski definition) is 5. The van der Waals surface area contributed by atoms with Crippen molar-refractivity contribution in [3.05, 3.63) is 70.8 Å². The highest BCUT2D eigenvalue weighted by molar-refractivity contribution is 5.93. The fourth-order valence-electron chi connectivity index (χ4n) is 4.60. The maximum atomic E-state index is 14.3. The maximum absolute atomic E-state index is 14.3. The van der Waals surface area contributed by atoms with Gasteiger partial charge in [0.2, 0.25) is 17.7 Å². The van der Waals surface area contributed by atoms with E-state index < -0.39 is 35.6 Å². The molecule has 9 heteroatoms. The van der Waals surface area contributed by atoms with Crippen LogP contribution in [0.15, 0.2) is 48.5 Å². The molecule has 1 fully saturated rings. The Kier molecular flexibility index (Phi) is 9.95. The van der Waals surface area contributed by atoms with Crippen LogP contribution >= 0.6 is 0 Å². The van der Waals surface area contributed by atoms with Crippen LogP contribution in [0.3, 0.4) is 0 Å². The Bertz CT molecular complexity index is 1220. The van der Waals surface area contributed by atoms with Gasteiger partial charge in [-0.1, -0.05) is 55.5 Å². The van der Waals surface area contributed by atoms with Crippen LogP contribution in [0.1, 0.15) is 75.3 Å². The van der Waals surface area contributed by atoms with Crippen molar-refractivity contribution in [1.82, 2.24) is 15.5 Å². The number of nitrogens with zero attached hydrogens (tertiary/aromatic N) is 1. The monoisotopic (exact) mass is 550 g/mol. The summed E-state index contributed by atoms with van der Waals surface area (Å²) >= 11 is 0. The van der Waals surface area contributed by atoms with E-state index in [-0.39, 0.29) is 30.7 Å². The zero-order valence-electron chi connectivity index (χ0n) is 24.3. The van der Waals surface area contributed by atoms with E-state index in [0.717, 1.165) is 16.7 Å². The smallest absolute Gasteiger partial charge is 0.408 e. The number of aryl methyl sites for hydroxylation is 2. The second-order valence-corrected chi connectivity index (χ2v) is 11.7. The molecular formula is C31H42N4O5. The van der Waals surface area contributed by atoms with Crippen molar-refractivity contribution in [3.63, 3.8) is 0 Å². The molecule has 0 radical (unpaired) electrons. The predicted molar refractivity (Wildman–Crippen MR) is 153 cm³/mol. The second kappa shape index (κ2) is 13.0. The lowest BCUT2D eigenvalue weighted by Crippen LogP contribution is -2.54. The summed E-state index contributed by atoms with van der Waals surface area (Å²) in [6.45, 7) is 11.4. The summed E-state index contributed by atoms with van der Waals surface area (Å²) in [6.07, 6.45) is -0.200. The summed E-state index contributed by atoms with van der Waals surface area (Å²) in [4.78, 5) is 54.1. The Labute approximate surface area is 236 Å². The summed E-state index contributed by atoms with van der Waals surface area (Å²) in [5, 5.41) is 5.64. The predicted octanol–water partition coefficient (Wildman–Crippen LogP) is 4.06. The molecule has 9 nitrogen and oxygen atoms in total. The highest BCUT2D eigenvalue weighted by atomic mass is 16.6. The van der Waals surface area contributed by atoms with Crippen LogP contribution in [-0.2, 0) is 25.7 Å². The molecule has 0 aliphatic heterocycles. The molecule has 0 bridgehead atoms. The summed E-state index contributed by atoms with van der Waals surface area (Å²) in [7, 11) is 0. The molecule has 40 heavy (non-hydrogen) atoms. The third-order valence-corrected chi connectivity index (χ3v) is 7.03. The Morgan fingerprint density at radius 1 is 1.05 bits per heavy atom. The van der Waals surface area contributed by atoms with Gasteiger partial charge in [-0.25, -0.2) is 4.79 Å². The Hall–Kier alpha value is -3.88. The van der Waals surface area contributed by atoms with Gasteiger partial charge in [0.1, 0.15) is 17.7 Å². The topological polar surface area (TPSA) is 131 Å². The summed E-state index contributed by atoms with van der Waals surface area (Å²) in [5.74, 6) is -1.22. The van der Waals surface area contributed by atoms with Gasteiger partial charge in [0.25, 0.3) is 0 Å². The van der Waals surface area contributed by atoms with Crippen LogP contribution in [-0.4, -0.2) is 46.4 Å². The highest BCUT2D eigenvalue weighted by Crippen LogP contribution is 2.41. The number of primary amides is 1. The van der Waals surface area contributed by atoms with E-state index in [1.165, 1.54) is 0 Å². The average molecular weight is 551 g/mol. The van der Waals surface area contributed by atoms with Gasteiger partial charge < -0.3 is 26.0 Å². The van der Waals surface area contributed by atoms with E-state index in [4.69, 9.17) is 10.5 Å². The lowest BCUT2D eigenvalue weighted by Gasteiger charge is -2.35. The maximum Gasteiger partial charge on any atom is 0.408 e. The van der Waals surface area contributed by atoms with Crippen LogP contribution in [0.5, 0.6) is 0 Å². The number of nitrogens with two attached hydrogens (primary N) is 1. The molecule has 0 aromatic heterocycles. The first kappa shape index (κ1) is 30.7. The lowest BCUT2D eigenvalue weighted by atomic mass is 9.97. The van der Waals surface area contributed by atoms with E-state index in [2.05, 4.69) is 10.6 Å². The Balaban J connectivity index is 2.00. The largest absolute Gasteiger partial charge is 0.444 e. The average Bonchev–Trinajstić information content (AvgIpc) is 3.60. The number of hydrogen-bond donors (Lipinski definition) is 3. The van der Waals surface area contributed by atoms with Gasteiger partial charge in [0, 0.05) is 19.0 Å². The van der Waals surface area contributed by atoms with Gasteiger partial charge >= 0.3 is 6.09 Å². The number of carbonyl (C=O) groups is 4. The van der Waals surface area contributed by atoms with E-state index in [1.807, 2.05) is 69.3 Å². The van der Waals surface area contributed by atoms with Gasteiger partial charge in [-0.15, -0.1) is 0 Å². The van der Waals surface area contributed by atoms with Crippen LogP contribution in [0, 0.1) is 19.8 Å². The van der Waals surface area contributed by atoms with Crippen molar-refractivity contribution in [2.45, 2.75) is 91.1 Å². The molecule has 1 aliphatic carbocycles. The first-order valence-electron chi connectivity index (χ1n) is 13.8. The molecule has 1 saturated carbocycles. The number of rotatable bonds is 11. The summed E-state index contributed by atoms with van der Waals surface area (Å²) in [5.41, 5.74) is 8.27. The molecule has 216 valence electrons. The van der Waals surface area contributed by atoms with Crippen molar-refractivity contribution in [2.24, 2.45) is 11.7 Å². The Morgan fingerprint density at radius 2 is 1.70 bits per heavy atom. The molecule has 4 amide bonds. The van der Waals surface area contributed by atoms with Crippen LogP contribution in [0.25, 0.3) is 0 Å². The van der Waals surface area contributed by atoms with Gasteiger partial charge in [-0.2, -0.15) is 0 Å². The normalized spacial score (nSPS) is 17.8. The lowest BCUT2D eigenvalue weighted by molar-refractivity contribution is -0.143. The number of alkyl carbamates (subject to hydrolysis) is 1. The molecule has 1 aliphatic rings. The van der Waals surface area contributed by atoms with E-state index >= 15 is 0 Å². The molecule has 0 heterocycles. The number of benzene rings is 2. The minimum atomic E-state index is -1.11. The zero-order chi connectivity index (χ0) is 29.6. The first-order chi connectivity index (χ1) is 18.8. The van der Waals surface area contributed by atoms with Crippen LogP contribution in [0.2, 0.25) is 0 Å². The van der Waals surface area contributed by atoms with E-state index in [0.29, 0.717) is 18.5 Å². The minimum Gasteiger partial charge on any atom is -0.444 e. The minimum absolute atomic E-state index is 0.0176. The second-order valence-electron chi connectivity index (χ2n) is 11.7. The van der Waals surface area contributed by atoms with Crippen molar-refractivity contribution in [1.29, 1.82) is 0 Å². The molecule has 3 rings (SSSR count). The fraction of sp³-hybridized carbons (Fsp3) is 0.484. The fourth-order valence-corrected chi connectivity index (χ4v) is 4.60. The Morgan fingerprint density at radius 3 is 2.25 bits per heavy atom. The van der Waals surface area contributed by atoms with Crippen molar-refractivity contribution >= 4 is 23.8 Å². The number of nitrogens with one attached hydrogen (secondary N) is 2. The molecule has 0 saturated heterocycles. The number of carbonyl (C=O) groups excluding carboxylic acids is 4. The molecule has 2 aromatic carbocycles. The molecule has 4 N–H and O–H groups in total. The molecule has 4 unspecified atom stereocenters. The third kappa shape index (κ3) is 8.56. The van der Waals surface area contributed by atoms with E-state index in [9.17, 15) is 19.2 Å². The van der Waals surface area contributed by atoms with Crippen molar-refractivity contribution < 1.29 is 23.9 Å². The zero-order valence-corrected chi connectivity index (χ0v) is 24.3. The van der Waals surface area contributed by atoms with Gasteiger partial charge in [0.05, 0.1) is 0 Å². The van der Waals surface area contributed by atoms with Crippen molar-refractivity contribution in [2.75, 3.05) is 0 Å². The van der Waals surface area contributed by atoms with Crippen molar-refractivity contribution in [3.8, 4) is 0 Å². The van der Waals surface area contributed by atoms with Crippen LogP contribution in [0.4, 0.5) is 4.79 Å². The highest BCUT2D eigenvalue weighted by Gasteiger charge is 2.48. The number of amides is 4. The van der Waals surface area contributed by atoms with Crippen LogP contribution < -0.4 is 16.4 Å². The van der Waals surface area contributed by atoms with Gasteiger partial charge in [0.15, 0.2) is 0 Å².